The van der Waals surface area contributed by atoms with Crippen LogP contribution in [0.15, 0.2) is 128 Å². The Balaban J connectivity index is 0.982. The molecule has 0 bridgehead atoms. The number of rotatable bonds is 12. The van der Waals surface area contributed by atoms with Crippen molar-refractivity contribution < 1.29 is 24.5 Å². The molecule has 2 aliphatic rings. The second kappa shape index (κ2) is 13.8. The molecular formula is C43H39N5O5. The summed E-state index contributed by atoms with van der Waals surface area (Å²) in [6, 6.07) is 34.4. The smallest absolute Gasteiger partial charge is 0.264 e. The van der Waals surface area contributed by atoms with E-state index < -0.39 is 17.4 Å². The van der Waals surface area contributed by atoms with Gasteiger partial charge in [0.1, 0.15) is 5.75 Å². The number of ether oxygens (including phenoxy) is 1. The highest BCUT2D eigenvalue weighted by atomic mass is 16.5. The Morgan fingerprint density at radius 3 is 2.43 bits per heavy atom. The standard InChI is InChI=1S/C43H39N5O5/c1-28(10-6-7-23-46-26-37(44-45-46)35(27-49)30-11-4-3-5-12-30)43(52)36-24-33(53-2)21-22-38(36)47(42(43)51)25-29-17-19-32(20-18-29)48-39-16-9-14-31-13-8-15-34(40(31)39)41(48)50/h3-6,8-22,24,26,28,35,49,52H,7,23,25,27H2,1-2H3/b10-6+/t28-,35?,43+/m0/s1. The van der Waals surface area contributed by atoms with Gasteiger partial charge in [-0.25, -0.2) is 0 Å². The molecule has 10 nitrogen and oxygen atoms in total. The molecule has 5 aromatic carbocycles. The number of fused-ring (bicyclic) bond motifs is 1. The summed E-state index contributed by atoms with van der Waals surface area (Å²) in [6.07, 6.45) is 6.24. The molecule has 0 fully saturated rings. The van der Waals surface area contributed by atoms with Crippen LogP contribution in [0.1, 0.15) is 52.0 Å². The molecule has 0 saturated heterocycles. The zero-order chi connectivity index (χ0) is 36.7. The Hall–Kier alpha value is -6.10. The average molecular weight is 706 g/mol. The zero-order valence-electron chi connectivity index (χ0n) is 29.5. The van der Waals surface area contributed by atoms with Gasteiger partial charge in [0.15, 0.2) is 5.60 Å². The van der Waals surface area contributed by atoms with Crippen LogP contribution in [-0.4, -0.2) is 50.7 Å². The number of aliphatic hydroxyl groups is 2. The van der Waals surface area contributed by atoms with Crippen LogP contribution in [0.3, 0.4) is 0 Å². The van der Waals surface area contributed by atoms with Crippen molar-refractivity contribution in [3.8, 4) is 5.75 Å². The number of amides is 2. The van der Waals surface area contributed by atoms with Gasteiger partial charge in [-0.15, -0.1) is 5.10 Å². The molecule has 6 aromatic rings. The lowest BCUT2D eigenvalue weighted by Crippen LogP contribution is -2.44. The number of aryl methyl sites for hydroxylation is 1. The minimum absolute atomic E-state index is 0.0707. The summed E-state index contributed by atoms with van der Waals surface area (Å²) >= 11 is 0. The molecule has 0 saturated carbocycles. The number of carbonyl (C=O) groups excluding carboxylic acids is 2. The topological polar surface area (TPSA) is 121 Å². The second-order valence-corrected chi connectivity index (χ2v) is 13.6. The second-order valence-electron chi connectivity index (χ2n) is 13.6. The van der Waals surface area contributed by atoms with Crippen molar-refractivity contribution in [3.05, 3.63) is 155 Å². The first-order valence-electron chi connectivity index (χ1n) is 17.7. The van der Waals surface area contributed by atoms with Crippen molar-refractivity contribution in [3.63, 3.8) is 0 Å². The number of hydrogen-bond donors (Lipinski definition) is 2. The molecule has 3 atom stereocenters. The molecule has 0 radical (unpaired) electrons. The maximum atomic E-state index is 14.3. The minimum atomic E-state index is -1.82. The Morgan fingerprint density at radius 2 is 1.68 bits per heavy atom. The first-order valence-corrected chi connectivity index (χ1v) is 17.7. The lowest BCUT2D eigenvalue weighted by Gasteiger charge is -2.28. The summed E-state index contributed by atoms with van der Waals surface area (Å²) in [5, 5.41) is 32.8. The molecule has 10 heteroatoms. The molecule has 2 N–H and O–H groups in total. The van der Waals surface area contributed by atoms with E-state index in [2.05, 4.69) is 10.3 Å². The third kappa shape index (κ3) is 5.86. The van der Waals surface area contributed by atoms with Gasteiger partial charge in [-0.05, 0) is 65.4 Å². The number of hydrogen-bond acceptors (Lipinski definition) is 7. The van der Waals surface area contributed by atoms with Gasteiger partial charge in [0.25, 0.3) is 11.8 Å². The summed E-state index contributed by atoms with van der Waals surface area (Å²) in [7, 11) is 1.56. The van der Waals surface area contributed by atoms with Gasteiger partial charge in [0, 0.05) is 35.3 Å². The molecule has 0 spiro atoms. The number of aromatic nitrogens is 3. The third-order valence-electron chi connectivity index (χ3n) is 10.5. The number of carbonyl (C=O) groups is 2. The normalized spacial score (nSPS) is 17.6. The van der Waals surface area contributed by atoms with E-state index in [1.165, 1.54) is 0 Å². The number of methoxy groups -OCH3 is 1. The van der Waals surface area contributed by atoms with Crippen molar-refractivity contribution in [1.82, 2.24) is 15.0 Å². The molecule has 53 heavy (non-hydrogen) atoms. The highest BCUT2D eigenvalue weighted by molar-refractivity contribution is 6.27. The summed E-state index contributed by atoms with van der Waals surface area (Å²) < 4.78 is 7.23. The first-order chi connectivity index (χ1) is 25.8. The number of aliphatic hydroxyl groups excluding tert-OH is 1. The molecule has 266 valence electrons. The lowest BCUT2D eigenvalue weighted by molar-refractivity contribution is -0.139. The maximum Gasteiger partial charge on any atom is 0.264 e. The van der Waals surface area contributed by atoms with Crippen LogP contribution in [-0.2, 0) is 23.5 Å². The Morgan fingerprint density at radius 1 is 0.906 bits per heavy atom. The zero-order valence-corrected chi connectivity index (χ0v) is 29.5. The predicted molar refractivity (Wildman–Crippen MR) is 203 cm³/mol. The fourth-order valence-corrected chi connectivity index (χ4v) is 7.60. The van der Waals surface area contributed by atoms with Crippen LogP contribution >= 0.6 is 0 Å². The van der Waals surface area contributed by atoms with Gasteiger partial charge >= 0.3 is 0 Å². The Kier molecular flexibility index (Phi) is 8.85. The van der Waals surface area contributed by atoms with E-state index in [9.17, 15) is 19.8 Å². The van der Waals surface area contributed by atoms with Gasteiger partial charge in [-0.2, -0.15) is 0 Å². The molecule has 2 aliphatic heterocycles. The van der Waals surface area contributed by atoms with E-state index in [1.54, 1.807) is 33.7 Å². The molecule has 0 aliphatic carbocycles. The van der Waals surface area contributed by atoms with Crippen LogP contribution in [0.25, 0.3) is 10.8 Å². The van der Waals surface area contributed by atoms with E-state index in [0.29, 0.717) is 41.2 Å². The largest absolute Gasteiger partial charge is 0.497 e. The van der Waals surface area contributed by atoms with Gasteiger partial charge in [0.05, 0.1) is 48.8 Å². The van der Waals surface area contributed by atoms with Crippen molar-refractivity contribution >= 4 is 39.6 Å². The van der Waals surface area contributed by atoms with Gasteiger partial charge in [-0.1, -0.05) is 91.0 Å². The number of allylic oxidation sites excluding steroid dienone is 1. The number of benzene rings is 5. The van der Waals surface area contributed by atoms with E-state index in [-0.39, 0.29) is 25.0 Å². The molecule has 1 unspecified atom stereocenters. The van der Waals surface area contributed by atoms with Crippen LogP contribution < -0.4 is 14.5 Å². The fourth-order valence-electron chi connectivity index (χ4n) is 7.60. The molecule has 1 aromatic heterocycles. The highest BCUT2D eigenvalue weighted by Crippen LogP contribution is 2.47. The van der Waals surface area contributed by atoms with Crippen molar-refractivity contribution in [2.75, 3.05) is 23.5 Å². The highest BCUT2D eigenvalue weighted by Gasteiger charge is 2.52. The average Bonchev–Trinajstić information content (AvgIpc) is 3.84. The predicted octanol–water partition coefficient (Wildman–Crippen LogP) is 6.87. The van der Waals surface area contributed by atoms with E-state index in [0.717, 1.165) is 33.3 Å². The summed E-state index contributed by atoms with van der Waals surface area (Å²) in [6.45, 7) is 2.52. The molecule has 3 heterocycles. The van der Waals surface area contributed by atoms with Crippen molar-refractivity contribution in [1.29, 1.82) is 0 Å². The van der Waals surface area contributed by atoms with Gasteiger partial charge in [0.2, 0.25) is 0 Å². The van der Waals surface area contributed by atoms with Crippen molar-refractivity contribution in [2.24, 2.45) is 5.92 Å². The monoisotopic (exact) mass is 705 g/mol. The van der Waals surface area contributed by atoms with E-state index >= 15 is 0 Å². The third-order valence-corrected chi connectivity index (χ3v) is 10.5. The summed E-state index contributed by atoms with van der Waals surface area (Å²) in [5.74, 6) is -0.776. The van der Waals surface area contributed by atoms with E-state index in [1.807, 2.05) is 122 Å². The first kappa shape index (κ1) is 34.0. The van der Waals surface area contributed by atoms with Crippen LogP contribution in [0.2, 0.25) is 0 Å². The molecular weight excluding hydrogens is 667 g/mol. The quantitative estimate of drug-likeness (QED) is 0.133. The Labute approximate surface area is 307 Å². The lowest BCUT2D eigenvalue weighted by atomic mass is 9.83. The van der Waals surface area contributed by atoms with Gasteiger partial charge in [-0.3, -0.25) is 19.2 Å². The van der Waals surface area contributed by atoms with E-state index in [4.69, 9.17) is 4.74 Å². The van der Waals surface area contributed by atoms with Crippen LogP contribution in [0, 0.1) is 5.92 Å². The fraction of sp³-hybridized carbons (Fsp3) is 0.209. The number of nitrogens with zero attached hydrogens (tertiary/aromatic N) is 5. The van der Waals surface area contributed by atoms with Gasteiger partial charge < -0.3 is 19.8 Å². The SMILES string of the molecule is COc1ccc2c(c1)[C@](O)([C@@H](C)/C=C/CCn1cc(C(CO)c3ccccc3)nn1)C(=O)N2Cc1ccc(N2C(=O)c3cccc4cccc2c34)cc1. The summed E-state index contributed by atoms with van der Waals surface area (Å²) in [4.78, 5) is 31.1. The molecule has 8 rings (SSSR count). The Bertz CT molecular complexity index is 2350. The maximum absolute atomic E-state index is 14.3. The minimum Gasteiger partial charge on any atom is -0.497 e. The summed E-state index contributed by atoms with van der Waals surface area (Å²) in [5.41, 5.74) is 4.06. The van der Waals surface area contributed by atoms with Crippen molar-refractivity contribution in [2.45, 2.75) is 38.0 Å². The number of anilines is 3. The van der Waals surface area contributed by atoms with Crippen LogP contribution in [0.5, 0.6) is 5.75 Å². The molecule has 2 amide bonds. The van der Waals surface area contributed by atoms with Crippen LogP contribution in [0.4, 0.5) is 17.1 Å².